The van der Waals surface area contributed by atoms with E-state index in [1.54, 1.807) is 13.1 Å². The van der Waals surface area contributed by atoms with Crippen molar-refractivity contribution in [3.63, 3.8) is 0 Å². The van der Waals surface area contributed by atoms with Gasteiger partial charge < -0.3 is 20.7 Å². The van der Waals surface area contributed by atoms with E-state index in [0.717, 1.165) is 12.8 Å². The molecule has 3 N–H and O–H groups in total. The monoisotopic (exact) mass is 426 g/mol. The number of aliphatic imine (C=N–C) groups is 1. The van der Waals surface area contributed by atoms with E-state index < -0.39 is 11.7 Å². The van der Waals surface area contributed by atoms with Crippen LogP contribution >= 0.6 is 24.0 Å². The highest BCUT2D eigenvalue weighted by Crippen LogP contribution is 2.07. The van der Waals surface area contributed by atoms with Gasteiger partial charge in [0.15, 0.2) is 5.96 Å². The number of carbonyl (C=O) groups is 1. The van der Waals surface area contributed by atoms with Gasteiger partial charge in [-0.25, -0.2) is 4.79 Å². The number of hydrogen-bond acceptors (Lipinski definition) is 3. The highest BCUT2D eigenvalue weighted by molar-refractivity contribution is 14.0. The molecule has 1 unspecified atom stereocenters. The van der Waals surface area contributed by atoms with Crippen LogP contribution in [-0.2, 0) is 4.74 Å². The van der Waals surface area contributed by atoms with Gasteiger partial charge in [-0.1, -0.05) is 19.4 Å². The Morgan fingerprint density at radius 2 is 2.00 bits per heavy atom. The molecule has 22 heavy (non-hydrogen) atoms. The highest BCUT2D eigenvalue weighted by Gasteiger charge is 2.19. The average molecular weight is 426 g/mol. The maximum Gasteiger partial charge on any atom is 0.407 e. The van der Waals surface area contributed by atoms with Crippen LogP contribution in [0, 0.1) is 0 Å². The Morgan fingerprint density at radius 3 is 2.45 bits per heavy atom. The van der Waals surface area contributed by atoms with E-state index in [1.165, 1.54) is 0 Å². The molecule has 0 aromatic carbocycles. The molecule has 0 aromatic heterocycles. The van der Waals surface area contributed by atoms with Gasteiger partial charge in [0.05, 0.1) is 0 Å². The molecule has 0 aromatic rings. The lowest BCUT2D eigenvalue weighted by molar-refractivity contribution is 0.0502. The number of rotatable bonds is 7. The Hall–Kier alpha value is -0.990. The number of carbonyl (C=O) groups excluding carboxylic acids is 1. The molecule has 0 rings (SSSR count). The van der Waals surface area contributed by atoms with E-state index in [9.17, 15) is 4.79 Å². The molecule has 0 saturated heterocycles. The molecule has 6 nitrogen and oxygen atoms in total. The minimum atomic E-state index is -0.490. The Balaban J connectivity index is 0. The Morgan fingerprint density at radius 1 is 1.36 bits per heavy atom. The molecule has 0 bridgehead atoms. The normalized spacial score (nSPS) is 12.7. The van der Waals surface area contributed by atoms with Gasteiger partial charge in [0.25, 0.3) is 0 Å². The summed E-state index contributed by atoms with van der Waals surface area (Å²) in [6, 6.07) is -0.00729. The van der Waals surface area contributed by atoms with Crippen molar-refractivity contribution in [1.29, 1.82) is 0 Å². The van der Waals surface area contributed by atoms with Crippen LogP contribution in [0.2, 0.25) is 0 Å². The molecule has 0 heterocycles. The number of nitrogens with one attached hydrogen (secondary N) is 3. The van der Waals surface area contributed by atoms with Gasteiger partial charge in [-0.3, -0.25) is 4.99 Å². The van der Waals surface area contributed by atoms with E-state index in [4.69, 9.17) is 4.74 Å². The second-order valence-corrected chi connectivity index (χ2v) is 5.75. The lowest BCUT2D eigenvalue weighted by Gasteiger charge is -2.24. The molecule has 130 valence electrons. The lowest BCUT2D eigenvalue weighted by atomic mass is 10.1. The summed E-state index contributed by atoms with van der Waals surface area (Å²) in [7, 11) is 1.70. The molecule has 0 fully saturated rings. The van der Waals surface area contributed by atoms with Gasteiger partial charge >= 0.3 is 6.09 Å². The molecule has 7 heteroatoms. The summed E-state index contributed by atoms with van der Waals surface area (Å²) in [5.41, 5.74) is -0.490. The van der Waals surface area contributed by atoms with Crippen molar-refractivity contribution < 1.29 is 9.53 Å². The Labute approximate surface area is 151 Å². The number of alkyl carbamates (subject to hydrolysis) is 1. The number of halogens is 1. The third-order valence-electron chi connectivity index (χ3n) is 2.51. The number of ether oxygens (including phenoxy) is 1. The summed E-state index contributed by atoms with van der Waals surface area (Å²) in [5, 5.41) is 9.15. The third kappa shape index (κ3) is 12.7. The maximum atomic E-state index is 11.8. The second kappa shape index (κ2) is 12.5. The molecule has 1 atom stereocenters. The van der Waals surface area contributed by atoms with Gasteiger partial charge in [0.2, 0.25) is 0 Å². The first-order chi connectivity index (χ1) is 9.82. The van der Waals surface area contributed by atoms with Crippen molar-refractivity contribution in [1.82, 2.24) is 16.0 Å². The summed E-state index contributed by atoms with van der Waals surface area (Å²) < 4.78 is 5.28. The van der Waals surface area contributed by atoms with Crippen LogP contribution in [0.25, 0.3) is 0 Å². The number of amides is 1. The summed E-state index contributed by atoms with van der Waals surface area (Å²) in [5.74, 6) is 0.682. The second-order valence-electron chi connectivity index (χ2n) is 5.75. The van der Waals surface area contributed by atoms with Crippen molar-refractivity contribution in [2.75, 3.05) is 20.1 Å². The standard InChI is InChI=1S/C15H30N4O2.HI/c1-7-9-12(19-14(20)21-15(3,4)5)11-18-13(16-6)17-10-8-2;/h8,12H,2,7,9-11H2,1,3-6H3,(H,19,20)(H2,16,17,18);1H. The molecule has 0 aliphatic heterocycles. The largest absolute Gasteiger partial charge is 0.444 e. The van der Waals surface area contributed by atoms with E-state index >= 15 is 0 Å². The van der Waals surface area contributed by atoms with Gasteiger partial charge in [0.1, 0.15) is 5.60 Å². The van der Waals surface area contributed by atoms with Crippen LogP contribution in [0.4, 0.5) is 4.79 Å². The lowest BCUT2D eigenvalue weighted by Crippen LogP contribution is -2.48. The van der Waals surface area contributed by atoms with Crippen LogP contribution < -0.4 is 16.0 Å². The van der Waals surface area contributed by atoms with Crippen molar-refractivity contribution in [2.24, 2.45) is 4.99 Å². The zero-order chi connectivity index (χ0) is 16.3. The first-order valence-corrected chi connectivity index (χ1v) is 7.37. The number of guanidine groups is 1. The van der Waals surface area contributed by atoms with Gasteiger partial charge in [-0.2, -0.15) is 0 Å². The maximum absolute atomic E-state index is 11.8. The van der Waals surface area contributed by atoms with Crippen molar-refractivity contribution in [2.45, 2.75) is 52.2 Å². The van der Waals surface area contributed by atoms with Gasteiger partial charge in [-0.05, 0) is 27.2 Å². The fourth-order valence-corrected chi connectivity index (χ4v) is 1.66. The zero-order valence-corrected chi connectivity index (χ0v) is 16.7. The molecular weight excluding hydrogens is 395 g/mol. The molecule has 0 radical (unpaired) electrons. The van der Waals surface area contributed by atoms with E-state index in [1.807, 2.05) is 20.8 Å². The van der Waals surface area contributed by atoms with Crippen LogP contribution in [-0.4, -0.2) is 43.8 Å². The molecule has 0 aliphatic carbocycles. The van der Waals surface area contributed by atoms with Gasteiger partial charge in [-0.15, -0.1) is 30.6 Å². The van der Waals surface area contributed by atoms with Crippen molar-refractivity contribution in [3.8, 4) is 0 Å². The number of hydrogen-bond donors (Lipinski definition) is 3. The topological polar surface area (TPSA) is 74.8 Å². The minimum absolute atomic E-state index is 0. The molecule has 0 spiro atoms. The fourth-order valence-electron chi connectivity index (χ4n) is 1.66. The van der Waals surface area contributed by atoms with Crippen LogP contribution in [0.5, 0.6) is 0 Å². The average Bonchev–Trinajstić information content (AvgIpc) is 2.36. The highest BCUT2D eigenvalue weighted by atomic mass is 127. The van der Waals surface area contributed by atoms with E-state index in [-0.39, 0.29) is 30.0 Å². The minimum Gasteiger partial charge on any atom is -0.444 e. The van der Waals surface area contributed by atoms with Crippen LogP contribution in [0.3, 0.4) is 0 Å². The smallest absolute Gasteiger partial charge is 0.407 e. The van der Waals surface area contributed by atoms with E-state index in [0.29, 0.717) is 19.0 Å². The van der Waals surface area contributed by atoms with Gasteiger partial charge in [0, 0.05) is 26.2 Å². The SMILES string of the molecule is C=CCNC(=NC)NCC(CCC)NC(=O)OC(C)(C)C.I. The number of nitrogens with zero attached hydrogens (tertiary/aromatic N) is 1. The first kappa shape index (κ1) is 23.3. The van der Waals surface area contributed by atoms with Crippen molar-refractivity contribution in [3.05, 3.63) is 12.7 Å². The predicted molar refractivity (Wildman–Crippen MR) is 103 cm³/mol. The summed E-state index contributed by atoms with van der Waals surface area (Å²) in [6.07, 6.45) is 3.21. The molecule has 0 saturated carbocycles. The summed E-state index contributed by atoms with van der Waals surface area (Å²) >= 11 is 0. The molecule has 1 amide bonds. The quantitative estimate of drug-likeness (QED) is 0.253. The summed E-state index contributed by atoms with van der Waals surface area (Å²) in [6.45, 7) is 12.5. The van der Waals surface area contributed by atoms with Crippen LogP contribution in [0.15, 0.2) is 17.6 Å². The molecular formula is C15H31IN4O2. The predicted octanol–water partition coefficient (Wildman–Crippen LogP) is 2.65. The van der Waals surface area contributed by atoms with E-state index in [2.05, 4.69) is 34.4 Å². The fraction of sp³-hybridized carbons (Fsp3) is 0.733. The third-order valence-corrected chi connectivity index (χ3v) is 2.51. The Bertz CT molecular complexity index is 354. The van der Waals surface area contributed by atoms with Crippen molar-refractivity contribution >= 4 is 36.0 Å². The first-order valence-electron chi connectivity index (χ1n) is 7.37. The summed E-state index contributed by atoms with van der Waals surface area (Å²) in [4.78, 5) is 15.9. The van der Waals surface area contributed by atoms with Crippen LogP contribution in [0.1, 0.15) is 40.5 Å². The zero-order valence-electron chi connectivity index (χ0n) is 14.4. The Kier molecular flexibility index (Phi) is 13.3. The molecule has 0 aliphatic rings.